The van der Waals surface area contributed by atoms with Crippen LogP contribution in [0, 0.1) is 0 Å². The highest BCUT2D eigenvalue weighted by molar-refractivity contribution is 5.19. The number of hydrogen-bond acceptors (Lipinski definition) is 3. The lowest BCUT2D eigenvalue weighted by Crippen LogP contribution is -2.35. The summed E-state index contributed by atoms with van der Waals surface area (Å²) in [4.78, 5) is 6.65. The SMILES string of the molecule is CCN(CC)C(CNCc1cccnc1)c1ccccc1. The Hall–Kier alpha value is -1.71. The molecular formula is C18H25N3. The maximum absolute atomic E-state index is 4.16. The first-order chi connectivity index (χ1) is 10.3. The summed E-state index contributed by atoms with van der Waals surface area (Å²) in [6, 6.07) is 15.2. The van der Waals surface area contributed by atoms with Crippen LogP contribution < -0.4 is 5.32 Å². The zero-order valence-corrected chi connectivity index (χ0v) is 13.0. The molecule has 0 fully saturated rings. The van der Waals surface area contributed by atoms with Crippen LogP contribution >= 0.6 is 0 Å². The number of rotatable bonds is 8. The predicted molar refractivity (Wildman–Crippen MR) is 88.0 cm³/mol. The van der Waals surface area contributed by atoms with Gasteiger partial charge in [-0.15, -0.1) is 0 Å². The Balaban J connectivity index is 1.99. The van der Waals surface area contributed by atoms with Gasteiger partial charge in [-0.25, -0.2) is 0 Å². The molecule has 2 rings (SSSR count). The van der Waals surface area contributed by atoms with Crippen molar-refractivity contribution >= 4 is 0 Å². The molecule has 21 heavy (non-hydrogen) atoms. The van der Waals surface area contributed by atoms with Gasteiger partial charge in [0.15, 0.2) is 0 Å². The molecule has 3 heteroatoms. The van der Waals surface area contributed by atoms with E-state index in [-0.39, 0.29) is 0 Å². The molecule has 1 aromatic heterocycles. The Labute approximate surface area is 128 Å². The zero-order chi connectivity index (χ0) is 14.9. The first-order valence-corrected chi connectivity index (χ1v) is 7.73. The highest BCUT2D eigenvalue weighted by Gasteiger charge is 2.17. The van der Waals surface area contributed by atoms with Gasteiger partial charge in [0.1, 0.15) is 0 Å². The minimum absolute atomic E-state index is 0.415. The molecule has 0 aliphatic carbocycles. The average Bonchev–Trinajstić information content (AvgIpc) is 2.56. The highest BCUT2D eigenvalue weighted by atomic mass is 15.2. The molecule has 0 aliphatic rings. The van der Waals surface area contributed by atoms with E-state index in [0.29, 0.717) is 6.04 Å². The number of nitrogens with zero attached hydrogens (tertiary/aromatic N) is 2. The second-order valence-corrected chi connectivity index (χ2v) is 5.14. The fraction of sp³-hybridized carbons (Fsp3) is 0.389. The first kappa shape index (κ1) is 15.7. The number of pyridine rings is 1. The van der Waals surface area contributed by atoms with Crippen molar-refractivity contribution in [2.75, 3.05) is 19.6 Å². The number of nitrogens with one attached hydrogen (secondary N) is 1. The lowest BCUT2D eigenvalue weighted by molar-refractivity contribution is 0.213. The lowest BCUT2D eigenvalue weighted by atomic mass is 10.0. The highest BCUT2D eigenvalue weighted by Crippen LogP contribution is 2.19. The normalized spacial score (nSPS) is 12.5. The van der Waals surface area contributed by atoms with Crippen LogP contribution in [0.3, 0.4) is 0 Å². The molecule has 0 saturated carbocycles. The quantitative estimate of drug-likeness (QED) is 0.806. The summed E-state index contributed by atoms with van der Waals surface area (Å²) in [5.74, 6) is 0. The Morgan fingerprint density at radius 3 is 2.43 bits per heavy atom. The van der Waals surface area contributed by atoms with E-state index in [4.69, 9.17) is 0 Å². The summed E-state index contributed by atoms with van der Waals surface area (Å²) in [5.41, 5.74) is 2.60. The third-order valence-electron chi connectivity index (χ3n) is 3.83. The maximum Gasteiger partial charge on any atom is 0.0472 e. The predicted octanol–water partition coefficient (Wildman–Crippen LogP) is 3.25. The van der Waals surface area contributed by atoms with Crippen molar-refractivity contribution in [1.29, 1.82) is 0 Å². The summed E-state index contributed by atoms with van der Waals surface area (Å²) in [7, 11) is 0. The standard InChI is InChI=1S/C18H25N3/c1-3-21(4-2)18(17-10-6-5-7-11-17)15-20-14-16-9-8-12-19-13-16/h5-13,18,20H,3-4,14-15H2,1-2H3. The fourth-order valence-corrected chi connectivity index (χ4v) is 2.65. The van der Waals surface area contributed by atoms with E-state index in [1.807, 2.05) is 18.5 Å². The fourth-order valence-electron chi connectivity index (χ4n) is 2.65. The Morgan fingerprint density at radius 1 is 1.05 bits per heavy atom. The average molecular weight is 283 g/mol. The Morgan fingerprint density at radius 2 is 1.81 bits per heavy atom. The molecule has 1 N–H and O–H groups in total. The van der Waals surface area contributed by atoms with E-state index in [2.05, 4.69) is 65.4 Å². The summed E-state index contributed by atoms with van der Waals surface area (Å²) in [6.07, 6.45) is 3.73. The van der Waals surface area contributed by atoms with Crippen molar-refractivity contribution in [2.45, 2.75) is 26.4 Å². The third kappa shape index (κ3) is 4.66. The number of aromatic nitrogens is 1. The minimum atomic E-state index is 0.415. The van der Waals surface area contributed by atoms with E-state index in [1.165, 1.54) is 11.1 Å². The minimum Gasteiger partial charge on any atom is -0.311 e. The van der Waals surface area contributed by atoms with Crippen LogP contribution in [0.2, 0.25) is 0 Å². The van der Waals surface area contributed by atoms with Crippen LogP contribution in [-0.2, 0) is 6.54 Å². The second-order valence-electron chi connectivity index (χ2n) is 5.14. The van der Waals surface area contributed by atoms with Gasteiger partial charge < -0.3 is 5.32 Å². The molecule has 0 saturated heterocycles. The van der Waals surface area contributed by atoms with Gasteiger partial charge in [0, 0.05) is 31.5 Å². The molecular weight excluding hydrogens is 258 g/mol. The van der Waals surface area contributed by atoms with Crippen LogP contribution in [0.4, 0.5) is 0 Å². The van der Waals surface area contributed by atoms with Crippen molar-refractivity contribution < 1.29 is 0 Å². The van der Waals surface area contributed by atoms with Crippen molar-refractivity contribution in [3.05, 3.63) is 66.0 Å². The third-order valence-corrected chi connectivity index (χ3v) is 3.83. The number of benzene rings is 1. The summed E-state index contributed by atoms with van der Waals surface area (Å²) < 4.78 is 0. The van der Waals surface area contributed by atoms with Gasteiger partial charge in [-0.3, -0.25) is 9.88 Å². The van der Waals surface area contributed by atoms with Gasteiger partial charge in [0.05, 0.1) is 0 Å². The molecule has 1 atom stereocenters. The van der Waals surface area contributed by atoms with Gasteiger partial charge in [-0.2, -0.15) is 0 Å². The number of hydrogen-bond donors (Lipinski definition) is 1. The molecule has 0 amide bonds. The van der Waals surface area contributed by atoms with Crippen LogP contribution in [0.25, 0.3) is 0 Å². The zero-order valence-electron chi connectivity index (χ0n) is 13.0. The maximum atomic E-state index is 4.16. The Bertz CT molecular complexity index is 494. The summed E-state index contributed by atoms with van der Waals surface area (Å²) >= 11 is 0. The Kier molecular flexibility index (Phi) is 6.38. The van der Waals surface area contributed by atoms with Crippen molar-refractivity contribution in [1.82, 2.24) is 15.2 Å². The van der Waals surface area contributed by atoms with Gasteiger partial charge in [-0.05, 0) is 30.3 Å². The molecule has 1 heterocycles. The molecule has 0 spiro atoms. The summed E-state index contributed by atoms with van der Waals surface area (Å²) in [6.45, 7) is 8.37. The van der Waals surface area contributed by atoms with Gasteiger partial charge in [0.2, 0.25) is 0 Å². The van der Waals surface area contributed by atoms with Crippen LogP contribution in [0.15, 0.2) is 54.9 Å². The van der Waals surface area contributed by atoms with Gasteiger partial charge in [-0.1, -0.05) is 50.2 Å². The van der Waals surface area contributed by atoms with Crippen molar-refractivity contribution in [3.63, 3.8) is 0 Å². The second kappa shape index (κ2) is 8.55. The van der Waals surface area contributed by atoms with E-state index >= 15 is 0 Å². The molecule has 3 nitrogen and oxygen atoms in total. The molecule has 0 bridgehead atoms. The van der Waals surface area contributed by atoms with Crippen LogP contribution in [-0.4, -0.2) is 29.5 Å². The molecule has 0 aliphatic heterocycles. The first-order valence-electron chi connectivity index (χ1n) is 7.73. The molecule has 1 aromatic carbocycles. The number of likely N-dealkylation sites (N-methyl/N-ethyl adjacent to an activating group) is 1. The summed E-state index contributed by atoms with van der Waals surface area (Å²) in [5, 5.41) is 3.57. The van der Waals surface area contributed by atoms with Gasteiger partial charge >= 0.3 is 0 Å². The van der Waals surface area contributed by atoms with Crippen molar-refractivity contribution in [3.8, 4) is 0 Å². The molecule has 1 unspecified atom stereocenters. The molecule has 2 aromatic rings. The monoisotopic (exact) mass is 283 g/mol. The van der Waals surface area contributed by atoms with E-state index < -0.39 is 0 Å². The van der Waals surface area contributed by atoms with E-state index in [0.717, 1.165) is 26.2 Å². The largest absolute Gasteiger partial charge is 0.311 e. The molecule has 112 valence electrons. The van der Waals surface area contributed by atoms with E-state index in [1.54, 1.807) is 0 Å². The van der Waals surface area contributed by atoms with E-state index in [9.17, 15) is 0 Å². The van der Waals surface area contributed by atoms with Crippen molar-refractivity contribution in [2.24, 2.45) is 0 Å². The molecule has 0 radical (unpaired) electrons. The lowest BCUT2D eigenvalue weighted by Gasteiger charge is -2.30. The van der Waals surface area contributed by atoms with Crippen LogP contribution in [0.1, 0.15) is 31.0 Å². The van der Waals surface area contributed by atoms with Crippen LogP contribution in [0.5, 0.6) is 0 Å². The topological polar surface area (TPSA) is 28.2 Å². The van der Waals surface area contributed by atoms with Gasteiger partial charge in [0.25, 0.3) is 0 Å². The smallest absolute Gasteiger partial charge is 0.0472 e.